The van der Waals surface area contributed by atoms with E-state index in [-0.39, 0.29) is 23.5 Å². The lowest BCUT2D eigenvalue weighted by Gasteiger charge is -2.37. The number of benzene rings is 1. The number of ether oxygens (including phenoxy) is 1. The molecule has 138 valence electrons. The largest absolute Gasteiger partial charge is 0.546 e. The number of rotatable bonds is 9. The third kappa shape index (κ3) is 7.30. The number of esters is 1. The Balaban J connectivity index is 2.60. The average Bonchev–Trinajstić information content (AvgIpc) is 2.46. The molecular formula is C21H32O3Si. The molecule has 0 radical (unpaired) electrons. The minimum atomic E-state index is -1.97. The van der Waals surface area contributed by atoms with Crippen LogP contribution in [0.2, 0.25) is 18.1 Å². The molecular weight excluding hydrogens is 328 g/mol. The third-order valence-corrected chi connectivity index (χ3v) is 8.99. The molecule has 0 aromatic heterocycles. The third-order valence-electron chi connectivity index (χ3n) is 4.58. The Bertz CT molecular complexity index is 585. The summed E-state index contributed by atoms with van der Waals surface area (Å²) in [5, 5.41) is 0.0680. The van der Waals surface area contributed by atoms with Crippen molar-refractivity contribution in [1.82, 2.24) is 0 Å². The second-order valence-electron chi connectivity index (χ2n) is 7.90. The van der Waals surface area contributed by atoms with Gasteiger partial charge in [0.1, 0.15) is 12.5 Å². The number of carbonyl (C=O) groups excluding carboxylic acids is 1. The van der Waals surface area contributed by atoms with E-state index in [0.717, 1.165) is 5.56 Å². The van der Waals surface area contributed by atoms with E-state index in [1.165, 1.54) is 0 Å². The van der Waals surface area contributed by atoms with E-state index in [0.29, 0.717) is 18.6 Å². The molecule has 0 aliphatic carbocycles. The van der Waals surface area contributed by atoms with Gasteiger partial charge in [-0.15, -0.1) is 6.58 Å². The zero-order chi connectivity index (χ0) is 19.1. The second kappa shape index (κ2) is 9.04. The van der Waals surface area contributed by atoms with Gasteiger partial charge in [0.2, 0.25) is 8.32 Å². The monoisotopic (exact) mass is 360 g/mol. The van der Waals surface area contributed by atoms with Gasteiger partial charge in [-0.1, -0.05) is 63.8 Å². The first-order valence-electron chi connectivity index (χ1n) is 8.76. The Morgan fingerprint density at radius 3 is 2.36 bits per heavy atom. The van der Waals surface area contributed by atoms with E-state index in [4.69, 9.17) is 9.16 Å². The zero-order valence-electron chi connectivity index (χ0n) is 16.3. The van der Waals surface area contributed by atoms with Crippen LogP contribution in [-0.4, -0.2) is 20.4 Å². The van der Waals surface area contributed by atoms with Crippen molar-refractivity contribution in [1.29, 1.82) is 0 Å². The molecule has 0 fully saturated rings. The molecule has 0 spiro atoms. The second-order valence-corrected chi connectivity index (χ2v) is 12.6. The maximum absolute atomic E-state index is 12.3. The van der Waals surface area contributed by atoms with Gasteiger partial charge in [0.25, 0.3) is 0 Å². The van der Waals surface area contributed by atoms with Gasteiger partial charge < -0.3 is 9.16 Å². The Labute approximate surface area is 153 Å². The van der Waals surface area contributed by atoms with E-state index in [1.807, 2.05) is 30.3 Å². The van der Waals surface area contributed by atoms with Gasteiger partial charge in [0.05, 0.1) is 5.76 Å². The minimum Gasteiger partial charge on any atom is -0.546 e. The summed E-state index contributed by atoms with van der Waals surface area (Å²) in [7, 11) is -1.97. The zero-order valence-corrected chi connectivity index (χ0v) is 17.3. The van der Waals surface area contributed by atoms with Gasteiger partial charge in [-0.05, 0) is 23.7 Å². The predicted octanol–water partition coefficient (Wildman–Crippen LogP) is 5.64. The topological polar surface area (TPSA) is 35.5 Å². The van der Waals surface area contributed by atoms with E-state index >= 15 is 0 Å². The number of hydrogen-bond donors (Lipinski definition) is 0. The highest BCUT2D eigenvalue weighted by molar-refractivity contribution is 6.74. The predicted molar refractivity (Wildman–Crippen MR) is 107 cm³/mol. The molecule has 0 unspecified atom stereocenters. The minimum absolute atomic E-state index is 0.0680. The number of carbonyl (C=O) groups is 1. The molecule has 1 atom stereocenters. The summed E-state index contributed by atoms with van der Waals surface area (Å²) in [6.07, 6.45) is 2.95. The van der Waals surface area contributed by atoms with Gasteiger partial charge in [-0.2, -0.15) is 0 Å². The average molecular weight is 361 g/mol. The van der Waals surface area contributed by atoms with Gasteiger partial charge in [-0.25, -0.2) is 0 Å². The first-order valence-corrected chi connectivity index (χ1v) is 11.7. The maximum atomic E-state index is 12.3. The van der Waals surface area contributed by atoms with Gasteiger partial charge in [-0.3, -0.25) is 4.79 Å². The quantitative estimate of drug-likeness (QED) is 0.247. The van der Waals surface area contributed by atoms with Crippen LogP contribution in [0.3, 0.4) is 0 Å². The molecule has 0 saturated carbocycles. The number of hydrogen-bond acceptors (Lipinski definition) is 3. The standard InChI is InChI=1S/C21H32O3Si/c1-8-12-19(16-18-13-10-9-11-14-18)23-20(22)15-17(2)24-25(6,7)21(3,4)5/h8-11,13-14,19H,1-2,12,15-16H2,3-7H3/t19-/m0/s1. The van der Waals surface area contributed by atoms with Crippen LogP contribution < -0.4 is 0 Å². The van der Waals surface area contributed by atoms with Crippen molar-refractivity contribution in [3.8, 4) is 0 Å². The fourth-order valence-corrected chi connectivity index (χ4v) is 3.27. The molecule has 1 rings (SSSR count). The van der Waals surface area contributed by atoms with Crippen molar-refractivity contribution in [2.24, 2.45) is 0 Å². The summed E-state index contributed by atoms with van der Waals surface area (Å²) < 4.78 is 11.7. The van der Waals surface area contributed by atoms with Crippen molar-refractivity contribution in [3.05, 3.63) is 60.9 Å². The highest BCUT2D eigenvalue weighted by Gasteiger charge is 2.39. The van der Waals surface area contributed by atoms with E-state index in [2.05, 4.69) is 47.0 Å². The van der Waals surface area contributed by atoms with Crippen molar-refractivity contribution in [2.45, 2.75) is 64.3 Å². The van der Waals surface area contributed by atoms with Crippen LogP contribution in [0.25, 0.3) is 0 Å². The molecule has 25 heavy (non-hydrogen) atoms. The lowest BCUT2D eigenvalue weighted by atomic mass is 10.1. The van der Waals surface area contributed by atoms with E-state index in [1.54, 1.807) is 6.08 Å². The lowest BCUT2D eigenvalue weighted by Crippen LogP contribution is -2.40. The molecule has 0 saturated heterocycles. The van der Waals surface area contributed by atoms with E-state index in [9.17, 15) is 4.79 Å². The fraction of sp³-hybridized carbons (Fsp3) is 0.476. The van der Waals surface area contributed by atoms with Crippen LogP contribution in [0.5, 0.6) is 0 Å². The summed E-state index contributed by atoms with van der Waals surface area (Å²) in [5.74, 6) is 0.195. The van der Waals surface area contributed by atoms with Crippen molar-refractivity contribution < 1.29 is 14.0 Å². The van der Waals surface area contributed by atoms with Crippen LogP contribution >= 0.6 is 0 Å². The fourth-order valence-electron chi connectivity index (χ4n) is 2.17. The normalized spacial score (nSPS) is 13.0. The highest BCUT2D eigenvalue weighted by Crippen LogP contribution is 2.38. The Kier molecular flexibility index (Phi) is 7.68. The summed E-state index contributed by atoms with van der Waals surface area (Å²) in [5.41, 5.74) is 1.14. The van der Waals surface area contributed by atoms with Crippen LogP contribution in [0.1, 0.15) is 39.2 Å². The smallest absolute Gasteiger partial charge is 0.313 e. The van der Waals surface area contributed by atoms with Crippen molar-refractivity contribution >= 4 is 14.3 Å². The first-order chi connectivity index (χ1) is 11.5. The Morgan fingerprint density at radius 1 is 1.24 bits per heavy atom. The summed E-state index contributed by atoms with van der Waals surface area (Å²) in [6.45, 7) is 18.4. The molecule has 1 aromatic rings. The van der Waals surface area contributed by atoms with Crippen LogP contribution in [0.15, 0.2) is 55.3 Å². The Morgan fingerprint density at radius 2 is 1.84 bits per heavy atom. The maximum Gasteiger partial charge on any atom is 0.313 e. The Hall–Kier alpha value is -1.81. The summed E-state index contributed by atoms with van der Waals surface area (Å²) in [4.78, 5) is 12.3. The molecule has 0 aliphatic rings. The molecule has 1 aromatic carbocycles. The van der Waals surface area contributed by atoms with E-state index < -0.39 is 8.32 Å². The van der Waals surface area contributed by atoms with Crippen LogP contribution in [0, 0.1) is 0 Å². The highest BCUT2D eigenvalue weighted by atomic mass is 28.4. The van der Waals surface area contributed by atoms with Gasteiger partial charge in [0, 0.05) is 12.8 Å². The SMILES string of the molecule is C=CC[C@@H](Cc1ccccc1)OC(=O)CC(=C)O[Si](C)(C)C(C)(C)C. The van der Waals surface area contributed by atoms with Crippen molar-refractivity contribution in [3.63, 3.8) is 0 Å². The molecule has 0 aliphatic heterocycles. The van der Waals surface area contributed by atoms with Crippen molar-refractivity contribution in [2.75, 3.05) is 0 Å². The molecule has 0 N–H and O–H groups in total. The molecule has 3 nitrogen and oxygen atoms in total. The lowest BCUT2D eigenvalue weighted by molar-refractivity contribution is -0.148. The van der Waals surface area contributed by atoms with Crippen LogP contribution in [-0.2, 0) is 20.4 Å². The molecule has 0 amide bonds. The molecule has 0 heterocycles. The summed E-state index contributed by atoms with van der Waals surface area (Å²) in [6, 6.07) is 10.0. The molecule has 0 bridgehead atoms. The first kappa shape index (κ1) is 21.2. The van der Waals surface area contributed by atoms with Gasteiger partial charge in [0.15, 0.2) is 0 Å². The van der Waals surface area contributed by atoms with Gasteiger partial charge >= 0.3 is 5.97 Å². The van der Waals surface area contributed by atoms with Crippen LogP contribution in [0.4, 0.5) is 0 Å². The molecule has 4 heteroatoms. The summed E-state index contributed by atoms with van der Waals surface area (Å²) >= 11 is 0.